The molecule has 216 valence electrons. The molecule has 0 radical (unpaired) electrons. The lowest BCUT2D eigenvalue weighted by molar-refractivity contribution is 1.18. The molecular formula is C44H29NS. The van der Waals surface area contributed by atoms with Crippen molar-refractivity contribution in [2.24, 2.45) is 0 Å². The molecule has 0 fully saturated rings. The maximum atomic E-state index is 2.47. The molecule has 0 aliphatic heterocycles. The summed E-state index contributed by atoms with van der Waals surface area (Å²) in [5.74, 6) is 0. The van der Waals surface area contributed by atoms with Crippen LogP contribution in [0, 0.1) is 0 Å². The zero-order valence-corrected chi connectivity index (χ0v) is 25.9. The Bertz CT molecular complexity index is 2460. The summed E-state index contributed by atoms with van der Waals surface area (Å²) < 4.78 is 2.47. The smallest absolute Gasteiger partial charge is 0.0555 e. The third kappa shape index (κ3) is 4.23. The van der Waals surface area contributed by atoms with Crippen LogP contribution in [0.1, 0.15) is 0 Å². The minimum absolute atomic E-state index is 1.19. The van der Waals surface area contributed by atoms with E-state index in [2.05, 4.69) is 180 Å². The van der Waals surface area contributed by atoms with Crippen LogP contribution < -0.4 is 0 Å². The number of thiophene rings is 1. The van der Waals surface area contributed by atoms with Gasteiger partial charge in [0.15, 0.2) is 0 Å². The van der Waals surface area contributed by atoms with E-state index in [9.17, 15) is 0 Å². The zero-order valence-electron chi connectivity index (χ0n) is 25.1. The standard InChI is InChI=1S/C44H29NS/c1-3-16-30(17-4-1)32-20-7-8-23-36(32)43-37-24-9-10-25-38(37)44(46-43)42-33(31-18-5-2-6-19-31)26-15-29-41(42)45-39-27-13-11-21-34(39)35-22-12-14-28-40(35)45/h1-29H. The molecule has 7 aromatic carbocycles. The van der Waals surface area contributed by atoms with Gasteiger partial charge in [0.2, 0.25) is 0 Å². The lowest BCUT2D eigenvalue weighted by Gasteiger charge is -2.18. The number of nitrogens with zero attached hydrogens (tertiary/aromatic N) is 1. The van der Waals surface area contributed by atoms with Gasteiger partial charge in [-0.2, -0.15) is 0 Å². The Labute approximate surface area is 272 Å². The lowest BCUT2D eigenvalue weighted by atomic mass is 9.94. The molecule has 0 spiro atoms. The van der Waals surface area contributed by atoms with E-state index in [1.54, 1.807) is 0 Å². The summed E-state index contributed by atoms with van der Waals surface area (Å²) in [5, 5.41) is 5.09. The monoisotopic (exact) mass is 603 g/mol. The molecule has 0 saturated carbocycles. The second kappa shape index (κ2) is 11.0. The van der Waals surface area contributed by atoms with Crippen molar-refractivity contribution < 1.29 is 0 Å². The van der Waals surface area contributed by atoms with Crippen LogP contribution in [0.5, 0.6) is 0 Å². The summed E-state index contributed by atoms with van der Waals surface area (Å²) in [6, 6.07) is 63.7. The van der Waals surface area contributed by atoms with Crippen LogP contribution >= 0.6 is 11.3 Å². The average Bonchev–Trinajstić information content (AvgIpc) is 3.68. The van der Waals surface area contributed by atoms with Crippen LogP contribution in [0.25, 0.3) is 81.4 Å². The van der Waals surface area contributed by atoms with Crippen molar-refractivity contribution in [2.45, 2.75) is 0 Å². The average molecular weight is 604 g/mol. The van der Waals surface area contributed by atoms with Gasteiger partial charge >= 0.3 is 0 Å². The van der Waals surface area contributed by atoms with E-state index in [0.29, 0.717) is 0 Å². The second-order valence-electron chi connectivity index (χ2n) is 11.7. The highest BCUT2D eigenvalue weighted by molar-refractivity contribution is 7.21. The first-order chi connectivity index (χ1) is 22.9. The molecule has 2 aromatic heterocycles. The molecule has 0 atom stereocenters. The van der Waals surface area contributed by atoms with Crippen molar-refractivity contribution in [2.75, 3.05) is 0 Å². The van der Waals surface area contributed by atoms with E-state index >= 15 is 0 Å². The molecular weight excluding hydrogens is 575 g/mol. The first kappa shape index (κ1) is 26.7. The number of hydrogen-bond acceptors (Lipinski definition) is 1. The van der Waals surface area contributed by atoms with Crippen LogP contribution in [0.4, 0.5) is 0 Å². The molecule has 2 heterocycles. The molecule has 0 aliphatic rings. The molecule has 46 heavy (non-hydrogen) atoms. The first-order valence-electron chi connectivity index (χ1n) is 15.7. The molecule has 9 aromatic rings. The zero-order chi connectivity index (χ0) is 30.5. The highest BCUT2D eigenvalue weighted by Gasteiger charge is 2.23. The van der Waals surface area contributed by atoms with Crippen LogP contribution in [0.15, 0.2) is 176 Å². The molecule has 0 bridgehead atoms. The predicted molar refractivity (Wildman–Crippen MR) is 198 cm³/mol. The van der Waals surface area contributed by atoms with Crippen LogP contribution in [0.3, 0.4) is 0 Å². The summed E-state index contributed by atoms with van der Waals surface area (Å²) >= 11 is 1.91. The van der Waals surface area contributed by atoms with Gasteiger partial charge in [-0.3, -0.25) is 0 Å². The van der Waals surface area contributed by atoms with Crippen LogP contribution in [-0.2, 0) is 0 Å². The summed E-state index contributed by atoms with van der Waals surface area (Å²) in [6.45, 7) is 0. The quantitative estimate of drug-likeness (QED) is 0.184. The number of para-hydroxylation sites is 2. The van der Waals surface area contributed by atoms with Gasteiger partial charge in [-0.25, -0.2) is 0 Å². The van der Waals surface area contributed by atoms with Crippen molar-refractivity contribution >= 4 is 43.9 Å². The Hall–Kier alpha value is -5.70. The van der Waals surface area contributed by atoms with Gasteiger partial charge in [0, 0.05) is 42.4 Å². The summed E-state index contributed by atoms with van der Waals surface area (Å²) in [7, 11) is 0. The summed E-state index contributed by atoms with van der Waals surface area (Å²) in [6.07, 6.45) is 0. The Balaban J connectivity index is 1.40. The maximum Gasteiger partial charge on any atom is 0.0555 e. The molecule has 0 amide bonds. The van der Waals surface area contributed by atoms with Gasteiger partial charge in [0.05, 0.1) is 16.7 Å². The van der Waals surface area contributed by atoms with Crippen molar-refractivity contribution in [3.63, 3.8) is 0 Å². The largest absolute Gasteiger partial charge is 0.309 e. The fourth-order valence-corrected chi connectivity index (χ4v) is 8.42. The highest BCUT2D eigenvalue weighted by Crippen LogP contribution is 2.51. The Morgan fingerprint density at radius 2 is 0.783 bits per heavy atom. The van der Waals surface area contributed by atoms with Gasteiger partial charge in [0.25, 0.3) is 0 Å². The van der Waals surface area contributed by atoms with E-state index in [1.807, 2.05) is 11.3 Å². The number of rotatable bonds is 5. The molecule has 1 nitrogen and oxygen atoms in total. The van der Waals surface area contributed by atoms with E-state index in [0.717, 1.165) is 0 Å². The second-order valence-corrected chi connectivity index (χ2v) is 12.7. The van der Waals surface area contributed by atoms with Crippen molar-refractivity contribution in [1.29, 1.82) is 0 Å². The van der Waals surface area contributed by atoms with Gasteiger partial charge in [-0.05, 0) is 40.5 Å². The van der Waals surface area contributed by atoms with Crippen molar-refractivity contribution in [1.82, 2.24) is 4.57 Å². The minimum Gasteiger partial charge on any atom is -0.309 e. The topological polar surface area (TPSA) is 4.93 Å². The molecule has 0 unspecified atom stereocenters. The first-order valence-corrected chi connectivity index (χ1v) is 16.5. The molecule has 2 heteroatoms. The third-order valence-corrected chi connectivity index (χ3v) is 10.3. The van der Waals surface area contributed by atoms with E-state index in [4.69, 9.17) is 0 Å². The number of hydrogen-bond donors (Lipinski definition) is 0. The Morgan fingerprint density at radius 3 is 1.41 bits per heavy atom. The molecule has 0 N–H and O–H groups in total. The van der Waals surface area contributed by atoms with Crippen molar-refractivity contribution in [3.05, 3.63) is 176 Å². The summed E-state index contributed by atoms with van der Waals surface area (Å²) in [5.41, 5.74) is 11.1. The normalized spacial score (nSPS) is 11.5. The highest BCUT2D eigenvalue weighted by atomic mass is 32.1. The predicted octanol–water partition coefficient (Wildman–Crippen LogP) is 12.7. The van der Waals surface area contributed by atoms with Crippen LogP contribution in [0.2, 0.25) is 0 Å². The van der Waals surface area contributed by atoms with Gasteiger partial charge < -0.3 is 4.57 Å². The van der Waals surface area contributed by atoms with E-state index < -0.39 is 0 Å². The van der Waals surface area contributed by atoms with Crippen molar-refractivity contribution in [3.8, 4) is 48.8 Å². The van der Waals surface area contributed by atoms with Gasteiger partial charge in [-0.15, -0.1) is 11.3 Å². The molecule has 0 saturated heterocycles. The summed E-state index contributed by atoms with van der Waals surface area (Å²) in [4.78, 5) is 2.57. The minimum atomic E-state index is 1.19. The fourth-order valence-electron chi connectivity index (χ4n) is 7.03. The van der Waals surface area contributed by atoms with E-state index in [1.165, 1.54) is 81.4 Å². The number of benzene rings is 7. The van der Waals surface area contributed by atoms with Crippen LogP contribution in [-0.4, -0.2) is 4.57 Å². The third-order valence-electron chi connectivity index (χ3n) is 9.05. The number of aromatic nitrogens is 1. The van der Waals surface area contributed by atoms with E-state index in [-0.39, 0.29) is 0 Å². The number of fused-ring (bicyclic) bond motifs is 4. The maximum absolute atomic E-state index is 2.47. The molecule has 9 rings (SSSR count). The van der Waals surface area contributed by atoms with Gasteiger partial charge in [-0.1, -0.05) is 158 Å². The Kier molecular flexibility index (Phi) is 6.40. The molecule has 0 aliphatic carbocycles. The van der Waals surface area contributed by atoms with Gasteiger partial charge in [0.1, 0.15) is 0 Å². The lowest BCUT2D eigenvalue weighted by Crippen LogP contribution is -1.98. The fraction of sp³-hybridized carbons (Fsp3) is 0. The SMILES string of the molecule is c1ccc(-c2ccccc2-c2sc(-c3c(-c4ccccc4)cccc3-n3c4ccccc4c4ccccc43)c3ccccc23)cc1. The Morgan fingerprint density at radius 1 is 0.326 bits per heavy atom.